The van der Waals surface area contributed by atoms with Gasteiger partial charge in [0.05, 0.1) is 20.8 Å². The van der Waals surface area contributed by atoms with E-state index in [0.717, 1.165) is 12.0 Å². The van der Waals surface area contributed by atoms with Crippen molar-refractivity contribution in [3.8, 4) is 17.2 Å². The van der Waals surface area contributed by atoms with Gasteiger partial charge in [-0.25, -0.2) is 0 Å². The molecule has 0 atom stereocenters. The lowest BCUT2D eigenvalue weighted by molar-refractivity contribution is 0.277. The van der Waals surface area contributed by atoms with Gasteiger partial charge >= 0.3 is 0 Å². The van der Waals surface area contributed by atoms with E-state index in [-0.39, 0.29) is 0 Å². The molecule has 2 N–H and O–H groups in total. The van der Waals surface area contributed by atoms with Crippen LogP contribution in [0.3, 0.4) is 0 Å². The highest BCUT2D eigenvalue weighted by atomic mass is 16.5. The highest BCUT2D eigenvalue weighted by Gasteiger charge is 2.13. The lowest BCUT2D eigenvalue weighted by atomic mass is 10.1. The molecule has 0 bridgehead atoms. The monoisotopic (exact) mass is 287 g/mol. The Kier molecular flexibility index (Phi) is 5.46. The van der Waals surface area contributed by atoms with Crippen LogP contribution in [0.2, 0.25) is 0 Å². The fraction of sp³-hybridized carbons (Fsp3) is 0.294. The molecule has 0 amide bonds. The van der Waals surface area contributed by atoms with E-state index < -0.39 is 0 Å². The first-order valence-corrected chi connectivity index (χ1v) is 6.90. The van der Waals surface area contributed by atoms with Crippen molar-refractivity contribution in [2.24, 2.45) is 5.73 Å². The van der Waals surface area contributed by atoms with Crippen LogP contribution in [0.4, 0.5) is 0 Å². The Morgan fingerprint density at radius 2 is 1.52 bits per heavy atom. The number of rotatable bonds is 7. The van der Waals surface area contributed by atoms with Crippen LogP contribution in [-0.4, -0.2) is 20.8 Å². The molecule has 0 unspecified atom stereocenters. The summed E-state index contributed by atoms with van der Waals surface area (Å²) in [7, 11) is 3.22. The Bertz CT molecular complexity index is 544. The molecule has 2 aromatic carbocycles. The van der Waals surface area contributed by atoms with Crippen LogP contribution in [-0.2, 0) is 13.0 Å². The Morgan fingerprint density at radius 3 is 2.05 bits per heavy atom. The van der Waals surface area contributed by atoms with E-state index in [0.29, 0.717) is 30.4 Å². The van der Waals surface area contributed by atoms with Crippen molar-refractivity contribution in [1.82, 2.24) is 0 Å². The van der Waals surface area contributed by atoms with E-state index >= 15 is 0 Å². The van der Waals surface area contributed by atoms with E-state index in [4.69, 9.17) is 19.9 Å². The summed E-state index contributed by atoms with van der Waals surface area (Å²) in [6.45, 7) is 0.982. The molecule has 0 aliphatic heterocycles. The zero-order valence-corrected chi connectivity index (χ0v) is 12.5. The van der Waals surface area contributed by atoms with Crippen LogP contribution in [0.15, 0.2) is 42.5 Å². The van der Waals surface area contributed by atoms with Crippen molar-refractivity contribution in [2.45, 2.75) is 13.0 Å². The fourth-order valence-electron chi connectivity index (χ4n) is 2.11. The van der Waals surface area contributed by atoms with Gasteiger partial charge in [0.1, 0.15) is 0 Å². The number of ether oxygens (including phenoxy) is 3. The van der Waals surface area contributed by atoms with Crippen LogP contribution in [0.25, 0.3) is 0 Å². The highest BCUT2D eigenvalue weighted by Crippen LogP contribution is 2.38. The molecule has 4 heteroatoms. The number of benzene rings is 2. The van der Waals surface area contributed by atoms with Crippen molar-refractivity contribution >= 4 is 0 Å². The summed E-state index contributed by atoms with van der Waals surface area (Å²) in [5, 5.41) is 0. The van der Waals surface area contributed by atoms with Gasteiger partial charge in [0, 0.05) is 13.0 Å². The first-order chi connectivity index (χ1) is 10.3. The van der Waals surface area contributed by atoms with Gasteiger partial charge in [-0.1, -0.05) is 30.3 Å². The van der Waals surface area contributed by atoms with Gasteiger partial charge < -0.3 is 19.9 Å². The maximum atomic E-state index is 5.86. The normalized spacial score (nSPS) is 10.2. The van der Waals surface area contributed by atoms with Crippen LogP contribution < -0.4 is 19.9 Å². The first kappa shape index (κ1) is 15.2. The molecule has 21 heavy (non-hydrogen) atoms. The summed E-state index contributed by atoms with van der Waals surface area (Å²) in [4.78, 5) is 0. The van der Waals surface area contributed by atoms with Crippen molar-refractivity contribution in [3.63, 3.8) is 0 Å². The first-order valence-electron chi connectivity index (χ1n) is 6.90. The quantitative estimate of drug-likeness (QED) is 0.851. The summed E-state index contributed by atoms with van der Waals surface area (Å²) in [6.07, 6.45) is 0.825. The Hall–Kier alpha value is -2.20. The molecule has 0 saturated heterocycles. The molecule has 0 radical (unpaired) electrons. The zero-order valence-electron chi connectivity index (χ0n) is 12.5. The third-order valence-corrected chi connectivity index (χ3v) is 3.24. The third kappa shape index (κ3) is 3.89. The van der Waals surface area contributed by atoms with E-state index in [1.807, 2.05) is 30.3 Å². The molecule has 0 fully saturated rings. The molecule has 2 rings (SSSR count). The highest BCUT2D eigenvalue weighted by molar-refractivity contribution is 5.53. The summed E-state index contributed by atoms with van der Waals surface area (Å²) in [5.74, 6) is 1.90. The minimum Gasteiger partial charge on any atom is -0.493 e. The fourth-order valence-corrected chi connectivity index (χ4v) is 2.11. The molecular weight excluding hydrogens is 266 g/mol. The van der Waals surface area contributed by atoms with Gasteiger partial charge in [0.25, 0.3) is 0 Å². The molecule has 0 spiro atoms. The topological polar surface area (TPSA) is 53.7 Å². The van der Waals surface area contributed by atoms with Gasteiger partial charge in [-0.2, -0.15) is 0 Å². The molecule has 0 saturated carbocycles. The second-order valence-electron chi connectivity index (χ2n) is 4.62. The molecule has 0 aliphatic carbocycles. The van der Waals surface area contributed by atoms with Crippen molar-refractivity contribution < 1.29 is 14.2 Å². The predicted molar refractivity (Wildman–Crippen MR) is 83.1 cm³/mol. The SMILES string of the molecule is COc1cc(CN)cc(OC)c1OCCc1ccccc1. The molecule has 0 heterocycles. The summed E-state index contributed by atoms with van der Waals surface area (Å²) in [5.41, 5.74) is 7.85. The average Bonchev–Trinajstić information content (AvgIpc) is 2.55. The molecule has 112 valence electrons. The van der Waals surface area contributed by atoms with Crippen LogP contribution in [0.1, 0.15) is 11.1 Å². The maximum absolute atomic E-state index is 5.86. The molecule has 2 aromatic rings. The van der Waals surface area contributed by atoms with E-state index in [1.54, 1.807) is 14.2 Å². The van der Waals surface area contributed by atoms with Gasteiger partial charge in [-0.05, 0) is 23.3 Å². The van der Waals surface area contributed by atoms with Crippen molar-refractivity contribution in [1.29, 1.82) is 0 Å². The average molecular weight is 287 g/mol. The van der Waals surface area contributed by atoms with Crippen molar-refractivity contribution in [2.75, 3.05) is 20.8 Å². The summed E-state index contributed by atoms with van der Waals surface area (Å²) < 4.78 is 16.6. The minimum absolute atomic E-state index is 0.428. The van der Waals surface area contributed by atoms with Crippen LogP contribution in [0, 0.1) is 0 Å². The van der Waals surface area contributed by atoms with Crippen molar-refractivity contribution in [3.05, 3.63) is 53.6 Å². The number of hydrogen-bond donors (Lipinski definition) is 1. The summed E-state index contributed by atoms with van der Waals surface area (Å²) in [6, 6.07) is 14.0. The maximum Gasteiger partial charge on any atom is 0.203 e. The lowest BCUT2D eigenvalue weighted by Gasteiger charge is -2.15. The molecule has 4 nitrogen and oxygen atoms in total. The van der Waals surface area contributed by atoms with E-state index in [9.17, 15) is 0 Å². The number of methoxy groups -OCH3 is 2. The van der Waals surface area contributed by atoms with Crippen LogP contribution >= 0.6 is 0 Å². The van der Waals surface area contributed by atoms with E-state index in [1.165, 1.54) is 5.56 Å². The lowest BCUT2D eigenvalue weighted by Crippen LogP contribution is -2.06. The predicted octanol–water partition coefficient (Wildman–Crippen LogP) is 2.78. The minimum atomic E-state index is 0.428. The third-order valence-electron chi connectivity index (χ3n) is 3.24. The molecule has 0 aliphatic rings. The van der Waals surface area contributed by atoms with Gasteiger partial charge in [0.2, 0.25) is 5.75 Å². The summed E-state index contributed by atoms with van der Waals surface area (Å²) >= 11 is 0. The number of nitrogens with two attached hydrogens (primary N) is 1. The van der Waals surface area contributed by atoms with Gasteiger partial charge in [-0.15, -0.1) is 0 Å². The standard InChI is InChI=1S/C17H21NO3/c1-19-15-10-14(12-18)11-16(20-2)17(15)21-9-8-13-6-4-3-5-7-13/h3-7,10-11H,8-9,12,18H2,1-2H3. The molecule has 0 aromatic heterocycles. The smallest absolute Gasteiger partial charge is 0.203 e. The Labute approximate surface area is 125 Å². The molecular formula is C17H21NO3. The zero-order chi connectivity index (χ0) is 15.1. The second kappa shape index (κ2) is 7.55. The largest absolute Gasteiger partial charge is 0.493 e. The van der Waals surface area contributed by atoms with Gasteiger partial charge in [0.15, 0.2) is 11.5 Å². The second-order valence-corrected chi connectivity index (χ2v) is 4.62. The number of hydrogen-bond acceptors (Lipinski definition) is 4. The Balaban J connectivity index is 2.11. The Morgan fingerprint density at radius 1 is 0.905 bits per heavy atom. The van der Waals surface area contributed by atoms with E-state index in [2.05, 4.69) is 12.1 Å². The van der Waals surface area contributed by atoms with Gasteiger partial charge in [-0.3, -0.25) is 0 Å². The van der Waals surface area contributed by atoms with Crippen LogP contribution in [0.5, 0.6) is 17.2 Å².